The lowest BCUT2D eigenvalue weighted by atomic mass is 9.65. The summed E-state index contributed by atoms with van der Waals surface area (Å²) in [6, 6.07) is 10.8. The fourth-order valence-corrected chi connectivity index (χ4v) is 3.82. The molecule has 2 aromatic rings. The Hall–Kier alpha value is -2.40. The number of benzene rings is 1. The molecule has 6 heteroatoms. The summed E-state index contributed by atoms with van der Waals surface area (Å²) in [7, 11) is 0. The van der Waals surface area contributed by atoms with E-state index in [0.717, 1.165) is 11.3 Å². The van der Waals surface area contributed by atoms with Crippen molar-refractivity contribution < 1.29 is 9.59 Å². The van der Waals surface area contributed by atoms with E-state index >= 15 is 0 Å². The largest absolute Gasteiger partial charge is 0.329 e. The quantitative estimate of drug-likeness (QED) is 0.851. The van der Waals surface area contributed by atoms with Crippen LogP contribution in [-0.2, 0) is 4.79 Å². The number of imide groups is 1. The van der Waals surface area contributed by atoms with Gasteiger partial charge in [0.25, 0.3) is 5.91 Å². The predicted molar refractivity (Wildman–Crippen MR) is 91.1 cm³/mol. The van der Waals surface area contributed by atoms with Crippen LogP contribution >= 0.6 is 11.6 Å². The fraction of sp³-hybridized carbons (Fsp3) is 0.278. The zero-order valence-electron chi connectivity index (χ0n) is 13.1. The first-order valence-electron chi connectivity index (χ1n) is 7.84. The number of anilines is 1. The second kappa shape index (κ2) is 5.31. The molecule has 0 radical (unpaired) electrons. The Morgan fingerprint density at radius 3 is 2.62 bits per heavy atom. The van der Waals surface area contributed by atoms with E-state index in [4.69, 9.17) is 11.6 Å². The standard InChI is InChI=1S/C18H16ClN3O2/c1-11-6-7-13(10-20-11)22-16(23)18(21-17(22)24)8-12(9-18)14-4-2-3-5-15(14)19/h2-7,10,12H,8-9H2,1H3,(H,21,24). The van der Waals surface area contributed by atoms with Crippen molar-refractivity contribution in [1.29, 1.82) is 0 Å². The van der Waals surface area contributed by atoms with E-state index in [0.29, 0.717) is 23.6 Å². The van der Waals surface area contributed by atoms with E-state index in [1.807, 2.05) is 31.2 Å². The molecule has 24 heavy (non-hydrogen) atoms. The first-order valence-corrected chi connectivity index (χ1v) is 8.22. The molecule has 1 aliphatic heterocycles. The van der Waals surface area contributed by atoms with Gasteiger partial charge in [0.15, 0.2) is 0 Å². The highest BCUT2D eigenvalue weighted by Gasteiger charge is 2.59. The van der Waals surface area contributed by atoms with Crippen LogP contribution in [-0.4, -0.2) is 22.5 Å². The Morgan fingerprint density at radius 2 is 1.96 bits per heavy atom. The molecule has 122 valence electrons. The maximum Gasteiger partial charge on any atom is 0.329 e. The first kappa shape index (κ1) is 15.1. The van der Waals surface area contributed by atoms with Crippen molar-refractivity contribution >= 4 is 29.2 Å². The number of pyridine rings is 1. The number of urea groups is 1. The summed E-state index contributed by atoms with van der Waals surface area (Å²) >= 11 is 6.24. The zero-order chi connectivity index (χ0) is 16.9. The lowest BCUT2D eigenvalue weighted by Gasteiger charge is -2.43. The van der Waals surface area contributed by atoms with Crippen molar-refractivity contribution in [2.45, 2.75) is 31.2 Å². The number of aryl methyl sites for hydroxylation is 1. The molecule has 1 aromatic heterocycles. The number of rotatable bonds is 2. The molecule has 0 bridgehead atoms. The number of hydrogen-bond acceptors (Lipinski definition) is 3. The number of halogens is 1. The summed E-state index contributed by atoms with van der Waals surface area (Å²) in [4.78, 5) is 30.5. The van der Waals surface area contributed by atoms with Crippen molar-refractivity contribution in [2.75, 3.05) is 4.90 Å². The smallest absolute Gasteiger partial charge is 0.323 e. The highest BCUT2D eigenvalue weighted by Crippen LogP contribution is 2.49. The minimum Gasteiger partial charge on any atom is -0.323 e. The molecule has 2 aliphatic rings. The van der Waals surface area contributed by atoms with Crippen molar-refractivity contribution in [2.24, 2.45) is 0 Å². The van der Waals surface area contributed by atoms with Crippen molar-refractivity contribution in [3.05, 3.63) is 58.9 Å². The maximum atomic E-state index is 12.8. The molecule has 1 aliphatic carbocycles. The van der Waals surface area contributed by atoms with Gasteiger partial charge in [0.05, 0.1) is 11.9 Å². The van der Waals surface area contributed by atoms with Gasteiger partial charge in [0.1, 0.15) is 5.54 Å². The van der Waals surface area contributed by atoms with Gasteiger partial charge in [-0.3, -0.25) is 9.78 Å². The van der Waals surface area contributed by atoms with Crippen LogP contribution in [0.1, 0.15) is 30.0 Å². The number of nitrogens with zero attached hydrogens (tertiary/aromatic N) is 2. The summed E-state index contributed by atoms with van der Waals surface area (Å²) < 4.78 is 0. The number of amides is 3. The Kier molecular flexibility index (Phi) is 3.35. The predicted octanol–water partition coefficient (Wildman–Crippen LogP) is 3.42. The summed E-state index contributed by atoms with van der Waals surface area (Å²) in [6.07, 6.45) is 2.68. The van der Waals surface area contributed by atoms with Crippen LogP contribution in [0.2, 0.25) is 5.02 Å². The molecular weight excluding hydrogens is 326 g/mol. The molecule has 5 nitrogen and oxygen atoms in total. The van der Waals surface area contributed by atoms with Gasteiger partial charge in [-0.25, -0.2) is 9.69 Å². The molecule has 1 saturated carbocycles. The maximum absolute atomic E-state index is 12.8. The topological polar surface area (TPSA) is 62.3 Å². The molecular formula is C18H16ClN3O2. The van der Waals surface area contributed by atoms with Gasteiger partial charge in [0.2, 0.25) is 0 Å². The lowest BCUT2D eigenvalue weighted by Crippen LogP contribution is -2.56. The molecule has 4 rings (SSSR count). The summed E-state index contributed by atoms with van der Waals surface area (Å²) in [5.41, 5.74) is 1.55. The lowest BCUT2D eigenvalue weighted by molar-refractivity contribution is -0.125. The average molecular weight is 342 g/mol. The van der Waals surface area contributed by atoms with Crippen molar-refractivity contribution in [3.63, 3.8) is 0 Å². The molecule has 1 saturated heterocycles. The highest BCUT2D eigenvalue weighted by molar-refractivity contribution is 6.31. The van der Waals surface area contributed by atoms with Crippen LogP contribution in [0.15, 0.2) is 42.6 Å². The van der Waals surface area contributed by atoms with Crippen LogP contribution < -0.4 is 10.2 Å². The molecule has 0 unspecified atom stereocenters. The number of aromatic nitrogens is 1. The van der Waals surface area contributed by atoms with Gasteiger partial charge < -0.3 is 5.32 Å². The van der Waals surface area contributed by atoms with E-state index < -0.39 is 5.54 Å². The molecule has 1 spiro atoms. The number of hydrogen-bond donors (Lipinski definition) is 1. The Balaban J connectivity index is 1.57. The second-order valence-corrected chi connectivity index (χ2v) is 6.84. The van der Waals surface area contributed by atoms with Gasteiger partial charge in [-0.15, -0.1) is 0 Å². The average Bonchev–Trinajstić information content (AvgIpc) is 2.79. The molecule has 0 atom stereocenters. The summed E-state index contributed by atoms with van der Waals surface area (Å²) in [6.45, 7) is 1.86. The monoisotopic (exact) mass is 341 g/mol. The molecule has 1 N–H and O–H groups in total. The Labute approximate surface area is 144 Å². The number of carbonyl (C=O) groups is 2. The molecule has 2 fully saturated rings. The molecule has 3 amide bonds. The van der Waals surface area contributed by atoms with Crippen LogP contribution in [0, 0.1) is 6.92 Å². The third kappa shape index (κ3) is 2.19. The third-order valence-corrected chi connectivity index (χ3v) is 5.19. The van der Waals surface area contributed by atoms with Gasteiger partial charge in [-0.2, -0.15) is 0 Å². The highest BCUT2D eigenvalue weighted by atomic mass is 35.5. The Bertz CT molecular complexity index is 828. The summed E-state index contributed by atoms with van der Waals surface area (Å²) in [5, 5.41) is 3.57. The van der Waals surface area contributed by atoms with Crippen LogP contribution in [0.5, 0.6) is 0 Å². The van der Waals surface area contributed by atoms with E-state index in [-0.39, 0.29) is 17.9 Å². The van der Waals surface area contributed by atoms with Crippen LogP contribution in [0.3, 0.4) is 0 Å². The molecule has 1 aromatic carbocycles. The fourth-order valence-electron chi connectivity index (χ4n) is 3.53. The normalized spacial score (nSPS) is 25.8. The second-order valence-electron chi connectivity index (χ2n) is 6.44. The van der Waals surface area contributed by atoms with E-state index in [1.54, 1.807) is 18.3 Å². The first-order chi connectivity index (χ1) is 11.5. The number of nitrogens with one attached hydrogen (secondary N) is 1. The zero-order valence-corrected chi connectivity index (χ0v) is 13.9. The minimum absolute atomic E-state index is 0.180. The van der Waals surface area contributed by atoms with Crippen LogP contribution in [0.4, 0.5) is 10.5 Å². The van der Waals surface area contributed by atoms with E-state index in [1.165, 1.54) is 4.90 Å². The third-order valence-electron chi connectivity index (χ3n) is 4.85. The number of carbonyl (C=O) groups excluding carboxylic acids is 2. The van der Waals surface area contributed by atoms with E-state index in [2.05, 4.69) is 10.3 Å². The SMILES string of the molecule is Cc1ccc(N2C(=O)NC3(CC(c4ccccc4Cl)C3)C2=O)cn1. The minimum atomic E-state index is -0.814. The Morgan fingerprint density at radius 1 is 1.21 bits per heavy atom. The van der Waals surface area contributed by atoms with Crippen molar-refractivity contribution in [3.8, 4) is 0 Å². The van der Waals surface area contributed by atoms with Gasteiger partial charge >= 0.3 is 6.03 Å². The molecule has 2 heterocycles. The van der Waals surface area contributed by atoms with Gasteiger partial charge in [-0.05, 0) is 49.4 Å². The van der Waals surface area contributed by atoms with Gasteiger partial charge in [0, 0.05) is 10.7 Å². The van der Waals surface area contributed by atoms with Crippen molar-refractivity contribution in [1.82, 2.24) is 10.3 Å². The van der Waals surface area contributed by atoms with Gasteiger partial charge in [-0.1, -0.05) is 29.8 Å². The summed E-state index contributed by atoms with van der Waals surface area (Å²) in [5.74, 6) is -0.0273. The van der Waals surface area contributed by atoms with E-state index in [9.17, 15) is 9.59 Å². The van der Waals surface area contributed by atoms with Crippen LogP contribution in [0.25, 0.3) is 0 Å².